The third-order valence-corrected chi connectivity index (χ3v) is 5.82. The zero-order valence-corrected chi connectivity index (χ0v) is 17.5. The molecule has 1 N–H and O–H groups in total. The summed E-state index contributed by atoms with van der Waals surface area (Å²) in [5.74, 6) is -0.745. The molecule has 1 aliphatic rings. The van der Waals surface area contributed by atoms with Gasteiger partial charge in [0, 0.05) is 22.2 Å². The van der Waals surface area contributed by atoms with Gasteiger partial charge in [-0.15, -0.1) is 0 Å². The minimum absolute atomic E-state index is 0.108. The Balaban J connectivity index is 1.79. The maximum atomic E-state index is 13.1. The van der Waals surface area contributed by atoms with Crippen molar-refractivity contribution in [3.8, 4) is 0 Å². The average molecular weight is 497 g/mol. The molecule has 1 atom stereocenters. The van der Waals surface area contributed by atoms with Crippen molar-refractivity contribution in [1.82, 2.24) is 4.90 Å². The number of aliphatic imine (C=N–C) groups is 1. The van der Waals surface area contributed by atoms with Crippen LogP contribution in [0.2, 0.25) is 0 Å². The molecule has 0 unspecified atom stereocenters. The predicted molar refractivity (Wildman–Crippen MR) is 115 cm³/mol. The van der Waals surface area contributed by atoms with Crippen molar-refractivity contribution >= 4 is 62.7 Å². The van der Waals surface area contributed by atoms with Crippen LogP contribution in [-0.2, 0) is 9.59 Å². The number of nitrogens with zero attached hydrogens (tertiary/aromatic N) is 2. The van der Waals surface area contributed by atoms with E-state index >= 15 is 0 Å². The number of hydrogen-bond acceptors (Lipinski definition) is 4. The van der Waals surface area contributed by atoms with Gasteiger partial charge in [-0.3, -0.25) is 14.5 Å². The van der Waals surface area contributed by atoms with E-state index in [-0.39, 0.29) is 24.1 Å². The van der Waals surface area contributed by atoms with Crippen LogP contribution in [0.4, 0.5) is 15.8 Å². The maximum Gasteiger partial charge on any atom is 0.238 e. The summed E-state index contributed by atoms with van der Waals surface area (Å²) in [4.78, 5) is 31.1. The van der Waals surface area contributed by atoms with Crippen LogP contribution in [0.1, 0.15) is 13.3 Å². The Hall–Kier alpha value is -1.94. The summed E-state index contributed by atoms with van der Waals surface area (Å²) in [6, 6.07) is 13.1. The first kappa shape index (κ1) is 19.8. The lowest BCUT2D eigenvalue weighted by molar-refractivity contribution is -0.129. The Morgan fingerprint density at radius 2 is 1.93 bits per heavy atom. The first-order chi connectivity index (χ1) is 13.0. The predicted octanol–water partition coefficient (Wildman–Crippen LogP) is 4.41. The molecule has 2 aromatic carbocycles. The molecule has 8 heteroatoms. The van der Waals surface area contributed by atoms with Gasteiger partial charge in [0.15, 0.2) is 5.17 Å². The van der Waals surface area contributed by atoms with Gasteiger partial charge in [-0.05, 0) is 78.0 Å². The SMILES string of the molecule is CCN1C(=O)C[C@@H](C(=O)Nc2ccc(I)cc2)SC1=Nc1ccc(F)cc1. The van der Waals surface area contributed by atoms with Gasteiger partial charge in [0.25, 0.3) is 0 Å². The smallest absolute Gasteiger partial charge is 0.238 e. The van der Waals surface area contributed by atoms with E-state index < -0.39 is 5.25 Å². The molecule has 5 nitrogen and oxygen atoms in total. The summed E-state index contributed by atoms with van der Waals surface area (Å²) < 4.78 is 14.2. The maximum absolute atomic E-state index is 13.1. The van der Waals surface area contributed by atoms with E-state index in [4.69, 9.17) is 0 Å². The topological polar surface area (TPSA) is 61.8 Å². The zero-order chi connectivity index (χ0) is 19.4. The summed E-state index contributed by atoms with van der Waals surface area (Å²) in [5.41, 5.74) is 1.22. The summed E-state index contributed by atoms with van der Waals surface area (Å²) >= 11 is 3.44. The number of amidine groups is 1. The molecule has 3 rings (SSSR count). The fourth-order valence-corrected chi connectivity index (χ4v) is 4.06. The molecular formula is C19H17FIN3O2S. The molecule has 0 bridgehead atoms. The molecule has 2 aromatic rings. The van der Waals surface area contributed by atoms with Crippen molar-refractivity contribution in [2.75, 3.05) is 11.9 Å². The van der Waals surface area contributed by atoms with Crippen molar-refractivity contribution in [1.29, 1.82) is 0 Å². The van der Waals surface area contributed by atoms with Crippen molar-refractivity contribution in [3.05, 3.63) is 57.9 Å². The Morgan fingerprint density at radius 1 is 1.26 bits per heavy atom. The van der Waals surface area contributed by atoms with Crippen LogP contribution in [0.25, 0.3) is 0 Å². The minimum atomic E-state index is -0.571. The van der Waals surface area contributed by atoms with E-state index in [9.17, 15) is 14.0 Å². The first-order valence-electron chi connectivity index (χ1n) is 8.34. The number of halogens is 2. The Bertz CT molecular complexity index is 872. The molecule has 0 radical (unpaired) electrons. The van der Waals surface area contributed by atoms with Gasteiger partial charge < -0.3 is 5.32 Å². The standard InChI is InChI=1S/C19H17FIN3O2S/c1-2-24-17(25)11-16(18(26)22-14-9-5-13(21)6-10-14)27-19(24)23-15-7-3-12(20)4-8-15/h3-10,16H,2,11H2,1H3,(H,22,26)/t16-/m0/s1. The molecule has 0 saturated carbocycles. The highest BCUT2D eigenvalue weighted by molar-refractivity contribution is 14.1. The lowest BCUT2D eigenvalue weighted by Crippen LogP contribution is -2.45. The van der Waals surface area contributed by atoms with Crippen LogP contribution >= 0.6 is 34.4 Å². The van der Waals surface area contributed by atoms with Gasteiger partial charge in [0.2, 0.25) is 11.8 Å². The fourth-order valence-electron chi connectivity index (χ4n) is 2.53. The number of anilines is 1. The first-order valence-corrected chi connectivity index (χ1v) is 10.3. The Kier molecular flexibility index (Phi) is 6.48. The number of hydrogen-bond donors (Lipinski definition) is 1. The molecule has 0 aromatic heterocycles. The molecular weight excluding hydrogens is 480 g/mol. The third-order valence-electron chi connectivity index (χ3n) is 3.91. The molecule has 0 aliphatic carbocycles. The van der Waals surface area contributed by atoms with E-state index in [1.165, 1.54) is 36.0 Å². The van der Waals surface area contributed by atoms with Gasteiger partial charge in [-0.25, -0.2) is 9.38 Å². The Morgan fingerprint density at radius 3 is 2.56 bits per heavy atom. The zero-order valence-electron chi connectivity index (χ0n) is 14.5. The number of nitrogens with one attached hydrogen (secondary N) is 1. The Labute approximate surface area is 174 Å². The number of thioether (sulfide) groups is 1. The lowest BCUT2D eigenvalue weighted by Gasteiger charge is -2.30. The van der Waals surface area contributed by atoms with Gasteiger partial charge in [0.1, 0.15) is 11.1 Å². The minimum Gasteiger partial charge on any atom is -0.325 e. The molecule has 0 spiro atoms. The summed E-state index contributed by atoms with van der Waals surface area (Å²) in [7, 11) is 0. The summed E-state index contributed by atoms with van der Waals surface area (Å²) in [6.07, 6.45) is 0.108. The van der Waals surface area contributed by atoms with E-state index in [0.717, 1.165) is 3.57 Å². The number of benzene rings is 2. The largest absolute Gasteiger partial charge is 0.325 e. The van der Waals surface area contributed by atoms with Crippen molar-refractivity contribution in [2.24, 2.45) is 4.99 Å². The number of amides is 2. The van der Waals surface area contributed by atoms with E-state index in [0.29, 0.717) is 23.1 Å². The van der Waals surface area contributed by atoms with Crippen LogP contribution in [0.3, 0.4) is 0 Å². The number of rotatable bonds is 4. The fraction of sp³-hybridized carbons (Fsp3) is 0.211. The van der Waals surface area contributed by atoms with Gasteiger partial charge in [-0.1, -0.05) is 11.8 Å². The van der Waals surface area contributed by atoms with E-state index in [2.05, 4.69) is 32.9 Å². The highest BCUT2D eigenvalue weighted by atomic mass is 127. The van der Waals surface area contributed by atoms with Crippen molar-refractivity contribution < 1.29 is 14.0 Å². The summed E-state index contributed by atoms with van der Waals surface area (Å²) in [6.45, 7) is 2.31. The van der Waals surface area contributed by atoms with E-state index in [1.807, 2.05) is 31.2 Å². The highest BCUT2D eigenvalue weighted by Crippen LogP contribution is 2.29. The third kappa shape index (κ3) is 5.07. The quantitative estimate of drug-likeness (QED) is 0.637. The van der Waals surface area contributed by atoms with Gasteiger partial charge >= 0.3 is 0 Å². The molecule has 1 heterocycles. The second-order valence-corrected chi connectivity index (χ2v) is 8.23. The van der Waals surface area contributed by atoms with Crippen LogP contribution < -0.4 is 5.32 Å². The normalized spacial score (nSPS) is 18.6. The number of carbonyl (C=O) groups excluding carboxylic acids is 2. The number of carbonyl (C=O) groups is 2. The molecule has 2 amide bonds. The summed E-state index contributed by atoms with van der Waals surface area (Å²) in [5, 5.41) is 2.72. The van der Waals surface area contributed by atoms with E-state index in [1.54, 1.807) is 4.90 Å². The second-order valence-electron chi connectivity index (χ2n) is 5.82. The van der Waals surface area contributed by atoms with Crippen LogP contribution in [-0.4, -0.2) is 33.7 Å². The molecule has 1 aliphatic heterocycles. The van der Waals surface area contributed by atoms with Gasteiger partial charge in [-0.2, -0.15) is 0 Å². The molecule has 1 fully saturated rings. The van der Waals surface area contributed by atoms with Crippen LogP contribution in [0, 0.1) is 9.39 Å². The highest BCUT2D eigenvalue weighted by Gasteiger charge is 2.35. The van der Waals surface area contributed by atoms with Crippen LogP contribution in [0.15, 0.2) is 53.5 Å². The second kappa shape index (κ2) is 8.83. The van der Waals surface area contributed by atoms with Crippen molar-refractivity contribution in [2.45, 2.75) is 18.6 Å². The molecule has 1 saturated heterocycles. The average Bonchev–Trinajstić information content (AvgIpc) is 2.65. The lowest BCUT2D eigenvalue weighted by atomic mass is 10.2. The monoisotopic (exact) mass is 497 g/mol. The molecule has 140 valence electrons. The van der Waals surface area contributed by atoms with Gasteiger partial charge in [0.05, 0.1) is 5.69 Å². The van der Waals surface area contributed by atoms with Crippen molar-refractivity contribution in [3.63, 3.8) is 0 Å². The van der Waals surface area contributed by atoms with Crippen LogP contribution in [0.5, 0.6) is 0 Å². The molecule has 27 heavy (non-hydrogen) atoms.